The Morgan fingerprint density at radius 2 is 1.48 bits per heavy atom. The van der Waals surface area contributed by atoms with Crippen LogP contribution in [0.25, 0.3) is 0 Å². The monoisotopic (exact) mass is 626 g/mol. The summed E-state index contributed by atoms with van der Waals surface area (Å²) in [5.41, 5.74) is 4.34. The van der Waals surface area contributed by atoms with E-state index in [1.807, 2.05) is 18.2 Å². The molecule has 0 saturated heterocycles. The minimum atomic E-state index is -1.14. The van der Waals surface area contributed by atoms with Crippen LogP contribution in [0.3, 0.4) is 0 Å². The first kappa shape index (κ1) is 33.2. The first-order valence-electron chi connectivity index (χ1n) is 17.0. The highest BCUT2D eigenvalue weighted by molar-refractivity contribution is 5.93. The largest absolute Gasteiger partial charge is 0.494 e. The van der Waals surface area contributed by atoms with Crippen molar-refractivity contribution in [3.8, 4) is 11.5 Å². The Labute approximate surface area is 272 Å². The van der Waals surface area contributed by atoms with Gasteiger partial charge in [-0.05, 0) is 91.1 Å². The van der Waals surface area contributed by atoms with Gasteiger partial charge in [0.05, 0.1) is 18.1 Å². The van der Waals surface area contributed by atoms with Gasteiger partial charge in [0.25, 0.3) is 0 Å². The number of aryl methyl sites for hydroxylation is 1. The molecule has 0 bridgehead atoms. The zero-order chi connectivity index (χ0) is 32.3. The maximum Gasteiger partial charge on any atom is 0.339 e. The molecule has 0 heterocycles. The van der Waals surface area contributed by atoms with Crippen LogP contribution in [0.2, 0.25) is 0 Å². The van der Waals surface area contributed by atoms with Gasteiger partial charge in [-0.25, -0.2) is 9.59 Å². The highest BCUT2D eigenvalue weighted by atomic mass is 16.5. The molecule has 7 heteroatoms. The van der Waals surface area contributed by atoms with Crippen molar-refractivity contribution in [1.82, 2.24) is 0 Å². The molecule has 0 aliphatic heterocycles. The van der Waals surface area contributed by atoms with Crippen molar-refractivity contribution < 1.29 is 33.7 Å². The molecule has 0 radical (unpaired) electrons. The van der Waals surface area contributed by atoms with Crippen LogP contribution >= 0.6 is 0 Å². The highest BCUT2D eigenvalue weighted by Gasteiger charge is 2.31. The van der Waals surface area contributed by atoms with Crippen LogP contribution in [0.15, 0.2) is 60.7 Å². The van der Waals surface area contributed by atoms with Gasteiger partial charge in [0.1, 0.15) is 23.2 Å². The highest BCUT2D eigenvalue weighted by Crippen LogP contribution is 2.36. The molecule has 2 aliphatic rings. The third kappa shape index (κ3) is 8.77. The standard InChI is InChI=1S/C39H46O7/c1-2-3-4-5-6-7-8-11-24-44-32-19-16-28(17-20-32)38(42)45-33-21-23-34-30(26-33)18-22-35(37(40)41)36(34)46-39(43)31-15-14-27-12-9-10-13-29(27)25-31/h9-10,12-13,16-20,22,31,33H,2-8,11,14-15,21,23-26H2,1H3,(H,40,41). The lowest BCUT2D eigenvalue weighted by atomic mass is 9.84. The number of ether oxygens (including phenoxy) is 3. The van der Waals surface area contributed by atoms with E-state index in [0.717, 1.165) is 36.1 Å². The normalized spacial score (nSPS) is 17.0. The minimum Gasteiger partial charge on any atom is -0.494 e. The van der Waals surface area contributed by atoms with Gasteiger partial charge in [0.2, 0.25) is 0 Å². The van der Waals surface area contributed by atoms with Crippen molar-refractivity contribution in [2.24, 2.45) is 5.92 Å². The van der Waals surface area contributed by atoms with Gasteiger partial charge in [-0.3, -0.25) is 4.79 Å². The Hall–Kier alpha value is -4.13. The quantitative estimate of drug-likeness (QED) is 0.103. The first-order chi connectivity index (χ1) is 22.4. The third-order valence-electron chi connectivity index (χ3n) is 9.26. The van der Waals surface area contributed by atoms with E-state index in [1.165, 1.54) is 50.2 Å². The van der Waals surface area contributed by atoms with Crippen LogP contribution in [0.1, 0.15) is 114 Å². The van der Waals surface area contributed by atoms with Gasteiger partial charge in [-0.1, -0.05) is 82.2 Å². The molecule has 46 heavy (non-hydrogen) atoms. The second-order valence-electron chi connectivity index (χ2n) is 12.6. The number of fused-ring (bicyclic) bond motifs is 2. The number of aromatic carboxylic acids is 1. The Balaban J connectivity index is 1.13. The Morgan fingerprint density at radius 1 is 0.761 bits per heavy atom. The molecule has 3 aromatic rings. The average molecular weight is 627 g/mol. The topological polar surface area (TPSA) is 99.1 Å². The van der Waals surface area contributed by atoms with Gasteiger partial charge < -0.3 is 19.3 Å². The van der Waals surface area contributed by atoms with Crippen molar-refractivity contribution in [2.75, 3.05) is 6.61 Å². The average Bonchev–Trinajstić information content (AvgIpc) is 3.07. The molecule has 5 rings (SSSR count). The smallest absolute Gasteiger partial charge is 0.339 e. The maximum absolute atomic E-state index is 13.3. The third-order valence-corrected chi connectivity index (χ3v) is 9.26. The summed E-state index contributed by atoms with van der Waals surface area (Å²) in [5.74, 6) is -1.41. The van der Waals surface area contributed by atoms with Gasteiger partial charge in [-0.15, -0.1) is 0 Å². The molecule has 0 fully saturated rings. The molecule has 7 nitrogen and oxygen atoms in total. The summed E-state index contributed by atoms with van der Waals surface area (Å²) < 4.78 is 17.6. The summed E-state index contributed by atoms with van der Waals surface area (Å²) in [5, 5.41) is 9.88. The van der Waals surface area contributed by atoms with E-state index < -0.39 is 17.9 Å². The SMILES string of the molecule is CCCCCCCCCCOc1ccc(C(=O)OC2CCc3c(ccc(C(=O)O)c3OC(=O)C3CCc4ccccc4C3)C2)cc1. The number of benzene rings is 3. The Kier molecular flexibility index (Phi) is 11.9. The number of carboxylic acid groups (broad SMARTS) is 1. The first-order valence-corrected chi connectivity index (χ1v) is 17.0. The fourth-order valence-electron chi connectivity index (χ4n) is 6.59. The predicted molar refractivity (Wildman–Crippen MR) is 177 cm³/mol. The molecule has 2 unspecified atom stereocenters. The molecular formula is C39H46O7. The van der Waals surface area contributed by atoms with Gasteiger partial charge in [0.15, 0.2) is 0 Å². The summed E-state index contributed by atoms with van der Waals surface area (Å²) in [4.78, 5) is 38.3. The van der Waals surface area contributed by atoms with Crippen molar-refractivity contribution in [3.63, 3.8) is 0 Å². The molecule has 0 aromatic heterocycles. The summed E-state index contributed by atoms with van der Waals surface area (Å²) >= 11 is 0. The second-order valence-corrected chi connectivity index (χ2v) is 12.6. The van der Waals surface area contributed by atoms with Gasteiger partial charge >= 0.3 is 17.9 Å². The molecule has 0 saturated carbocycles. The lowest BCUT2D eigenvalue weighted by Crippen LogP contribution is -2.29. The molecule has 3 aromatic carbocycles. The van der Waals surface area contributed by atoms with E-state index in [9.17, 15) is 19.5 Å². The predicted octanol–water partition coefficient (Wildman–Crippen LogP) is 8.33. The van der Waals surface area contributed by atoms with E-state index in [4.69, 9.17) is 14.2 Å². The second kappa shape index (κ2) is 16.4. The number of rotatable bonds is 15. The van der Waals surface area contributed by atoms with Crippen molar-refractivity contribution >= 4 is 17.9 Å². The van der Waals surface area contributed by atoms with Crippen LogP contribution in [-0.2, 0) is 35.2 Å². The number of hydrogen-bond acceptors (Lipinski definition) is 6. The number of carboxylic acids is 1. The molecule has 2 atom stereocenters. The summed E-state index contributed by atoms with van der Waals surface area (Å²) in [6.45, 7) is 2.90. The lowest BCUT2D eigenvalue weighted by molar-refractivity contribution is -0.139. The number of carbonyl (C=O) groups is 3. The molecular weight excluding hydrogens is 580 g/mol. The van der Waals surface area contributed by atoms with Crippen LogP contribution < -0.4 is 9.47 Å². The van der Waals surface area contributed by atoms with Crippen LogP contribution in [0, 0.1) is 5.92 Å². The van der Waals surface area contributed by atoms with E-state index in [2.05, 4.69) is 13.0 Å². The van der Waals surface area contributed by atoms with Crippen molar-refractivity contribution in [3.05, 3.63) is 94.0 Å². The van der Waals surface area contributed by atoms with E-state index in [1.54, 1.807) is 30.3 Å². The zero-order valence-corrected chi connectivity index (χ0v) is 26.9. The number of esters is 2. The molecule has 0 spiro atoms. The zero-order valence-electron chi connectivity index (χ0n) is 26.9. The van der Waals surface area contributed by atoms with Crippen LogP contribution in [-0.4, -0.2) is 35.7 Å². The number of carbonyl (C=O) groups excluding carboxylic acids is 2. The van der Waals surface area contributed by atoms with Crippen LogP contribution in [0.5, 0.6) is 11.5 Å². The summed E-state index contributed by atoms with van der Waals surface area (Å²) in [7, 11) is 0. The summed E-state index contributed by atoms with van der Waals surface area (Å²) in [6, 6.07) is 18.4. The molecule has 2 aliphatic carbocycles. The molecule has 0 amide bonds. The van der Waals surface area contributed by atoms with Crippen molar-refractivity contribution in [1.29, 1.82) is 0 Å². The Bertz CT molecular complexity index is 1490. The Morgan fingerprint density at radius 3 is 2.22 bits per heavy atom. The van der Waals surface area contributed by atoms with E-state index in [-0.39, 0.29) is 23.3 Å². The fraction of sp³-hybridized carbons (Fsp3) is 0.462. The van der Waals surface area contributed by atoms with Crippen LogP contribution in [0.4, 0.5) is 0 Å². The molecule has 1 N–H and O–H groups in total. The fourth-order valence-corrected chi connectivity index (χ4v) is 6.59. The number of hydrogen-bond donors (Lipinski definition) is 1. The van der Waals surface area contributed by atoms with Gasteiger partial charge in [0, 0.05) is 6.42 Å². The maximum atomic E-state index is 13.3. The van der Waals surface area contributed by atoms with Gasteiger partial charge in [-0.2, -0.15) is 0 Å². The minimum absolute atomic E-state index is 0.0246. The number of unbranched alkanes of at least 4 members (excludes halogenated alkanes) is 7. The molecule has 244 valence electrons. The van der Waals surface area contributed by atoms with Crippen molar-refractivity contribution in [2.45, 2.75) is 103 Å². The van der Waals surface area contributed by atoms with E-state index >= 15 is 0 Å². The van der Waals surface area contributed by atoms with E-state index in [0.29, 0.717) is 49.8 Å². The summed E-state index contributed by atoms with van der Waals surface area (Å²) in [6.07, 6.45) is 13.0. The lowest BCUT2D eigenvalue weighted by Gasteiger charge is -2.28.